The topological polar surface area (TPSA) is 153 Å². The molecule has 5 N–H and O–H groups in total. The predicted molar refractivity (Wildman–Crippen MR) is 201 cm³/mol. The summed E-state index contributed by atoms with van der Waals surface area (Å²) in [4.78, 5) is 42.4. The number of benzene rings is 4. The highest BCUT2D eigenvalue weighted by molar-refractivity contribution is 5.98. The van der Waals surface area contributed by atoms with Crippen molar-refractivity contribution in [2.24, 2.45) is 0 Å². The van der Waals surface area contributed by atoms with Gasteiger partial charge in [-0.05, 0) is 66.6 Å². The van der Waals surface area contributed by atoms with Gasteiger partial charge in [0.15, 0.2) is 12.4 Å². The van der Waals surface area contributed by atoms with Crippen molar-refractivity contribution in [1.82, 2.24) is 15.1 Å². The van der Waals surface area contributed by atoms with E-state index in [1.807, 2.05) is 71.6 Å². The van der Waals surface area contributed by atoms with Crippen LogP contribution in [0.2, 0.25) is 0 Å². The molecule has 12 heteroatoms. The number of ether oxygens (including phenoxy) is 2. The molecular formula is C41H45N5O7. The Labute approximate surface area is 308 Å². The van der Waals surface area contributed by atoms with Crippen LogP contribution in [-0.4, -0.2) is 89.9 Å². The fraction of sp³-hybridized carbons (Fsp3) is 0.341. The van der Waals surface area contributed by atoms with Gasteiger partial charge in [-0.2, -0.15) is 0 Å². The molecule has 53 heavy (non-hydrogen) atoms. The molecule has 1 saturated heterocycles. The van der Waals surface area contributed by atoms with Crippen molar-refractivity contribution in [1.29, 1.82) is 0 Å². The lowest BCUT2D eigenvalue weighted by atomic mass is 10.0. The van der Waals surface area contributed by atoms with Crippen LogP contribution in [-0.2, 0) is 22.5 Å². The minimum absolute atomic E-state index is 0.0438. The second kappa shape index (κ2) is 16.5. The zero-order chi connectivity index (χ0) is 36.7. The van der Waals surface area contributed by atoms with Crippen LogP contribution in [0.1, 0.15) is 52.4 Å². The van der Waals surface area contributed by atoms with Crippen molar-refractivity contribution in [3.8, 4) is 22.6 Å². The van der Waals surface area contributed by atoms with Gasteiger partial charge in [0.05, 0.1) is 11.8 Å². The Balaban J connectivity index is 0.858. The number of para-hydroxylation sites is 1. The Kier molecular flexibility index (Phi) is 11.2. The highest BCUT2D eigenvalue weighted by Gasteiger charge is 2.28. The lowest BCUT2D eigenvalue weighted by Crippen LogP contribution is -2.43. The van der Waals surface area contributed by atoms with Gasteiger partial charge in [-0.1, -0.05) is 60.7 Å². The fourth-order valence-corrected chi connectivity index (χ4v) is 7.29. The number of nitrogens with zero attached hydrogens (tertiary/aromatic N) is 2. The number of aromatic hydroxyl groups is 1. The van der Waals surface area contributed by atoms with Crippen molar-refractivity contribution in [2.45, 2.75) is 44.4 Å². The van der Waals surface area contributed by atoms with Crippen LogP contribution in [0.25, 0.3) is 11.1 Å². The Hall–Kier alpha value is -5.43. The number of piperidine rings is 1. The maximum Gasteiger partial charge on any atom is 0.411 e. The maximum atomic E-state index is 13.6. The van der Waals surface area contributed by atoms with E-state index in [9.17, 15) is 24.6 Å². The number of rotatable bonds is 11. The molecule has 7 rings (SSSR count). The number of anilines is 2. The lowest BCUT2D eigenvalue weighted by molar-refractivity contribution is -0.118. The number of nitrogens with one attached hydrogen (secondary N) is 3. The van der Waals surface area contributed by atoms with Crippen LogP contribution < -0.4 is 20.7 Å². The van der Waals surface area contributed by atoms with Crippen LogP contribution in [0, 0.1) is 0 Å². The third kappa shape index (κ3) is 8.62. The van der Waals surface area contributed by atoms with E-state index in [1.54, 1.807) is 6.07 Å². The van der Waals surface area contributed by atoms with Crippen molar-refractivity contribution in [3.05, 3.63) is 107 Å². The molecule has 1 atom stereocenters. The predicted octanol–water partition coefficient (Wildman–Crippen LogP) is 5.31. The van der Waals surface area contributed by atoms with E-state index >= 15 is 0 Å². The SMILES string of the molecule is O=C1COc2c([C@@H](O)CNCc3ccc4c(c3)CCCN(CCN3CCC(OC(=O)Nc5ccccc5-c5ccccc5)CC3)C4=O)ccc(O)c2N1. The van der Waals surface area contributed by atoms with Crippen LogP contribution >= 0.6 is 0 Å². The second-order valence-corrected chi connectivity index (χ2v) is 13.7. The van der Waals surface area contributed by atoms with Gasteiger partial charge in [0.1, 0.15) is 17.5 Å². The molecule has 276 valence electrons. The number of carbonyl (C=O) groups excluding carboxylic acids is 3. The number of phenols is 1. The van der Waals surface area contributed by atoms with Gasteiger partial charge in [0, 0.05) is 62.5 Å². The Morgan fingerprint density at radius 2 is 1.74 bits per heavy atom. The van der Waals surface area contributed by atoms with E-state index in [0.29, 0.717) is 30.9 Å². The quantitative estimate of drug-likeness (QED) is 0.130. The summed E-state index contributed by atoms with van der Waals surface area (Å²) < 4.78 is 11.3. The molecule has 3 aliphatic rings. The molecule has 0 bridgehead atoms. The van der Waals surface area contributed by atoms with Crippen LogP contribution in [0.3, 0.4) is 0 Å². The summed E-state index contributed by atoms with van der Waals surface area (Å²) in [5.74, 6) is -0.172. The number of aliphatic hydroxyl groups is 1. The third-order valence-electron chi connectivity index (χ3n) is 10.1. The van der Waals surface area contributed by atoms with Gasteiger partial charge in [-0.15, -0.1) is 0 Å². The second-order valence-electron chi connectivity index (χ2n) is 13.7. The number of hydrogen-bond acceptors (Lipinski definition) is 9. The summed E-state index contributed by atoms with van der Waals surface area (Å²) >= 11 is 0. The molecule has 12 nitrogen and oxygen atoms in total. The Morgan fingerprint density at radius 3 is 2.57 bits per heavy atom. The highest BCUT2D eigenvalue weighted by Crippen LogP contribution is 2.41. The van der Waals surface area contributed by atoms with Crippen LogP contribution in [0.4, 0.5) is 16.2 Å². The average molecular weight is 720 g/mol. The van der Waals surface area contributed by atoms with E-state index in [-0.39, 0.29) is 48.3 Å². The number of likely N-dealkylation sites (tertiary alicyclic amines) is 1. The molecule has 4 aromatic rings. The Bertz CT molecular complexity index is 1950. The first-order valence-electron chi connectivity index (χ1n) is 18.2. The number of aliphatic hydroxyl groups excluding tert-OH is 1. The molecule has 0 radical (unpaired) electrons. The number of phenolic OH excluding ortho intramolecular Hbond substituents is 1. The zero-order valence-electron chi connectivity index (χ0n) is 29.6. The number of fused-ring (bicyclic) bond motifs is 2. The standard InChI is InChI=1S/C41H45N5O7/c47-35-15-14-33(39-38(35)44-37(49)26-52-39)36(48)25-42-24-27-12-13-32-29(23-27)9-6-18-46(40(32)50)22-21-45-19-16-30(17-20-45)53-41(51)43-34-11-5-4-10-31(34)28-7-2-1-3-8-28/h1-5,7-8,10-15,23,30,36,42,47-48H,6,9,16-22,24-26H2,(H,43,51)(H,44,49)/t36-/m0/s1. The zero-order valence-corrected chi connectivity index (χ0v) is 29.6. The molecule has 3 amide bonds. The average Bonchev–Trinajstić information content (AvgIpc) is 3.32. The first kappa shape index (κ1) is 36.0. The maximum absolute atomic E-state index is 13.6. The molecular weight excluding hydrogens is 674 g/mol. The first-order valence-corrected chi connectivity index (χ1v) is 18.2. The largest absolute Gasteiger partial charge is 0.506 e. The summed E-state index contributed by atoms with van der Waals surface area (Å²) in [6, 6.07) is 26.6. The van der Waals surface area contributed by atoms with Crippen molar-refractivity contribution in [3.63, 3.8) is 0 Å². The van der Waals surface area contributed by atoms with E-state index in [2.05, 4.69) is 26.9 Å². The minimum atomic E-state index is -0.929. The summed E-state index contributed by atoms with van der Waals surface area (Å²) in [5.41, 5.74) is 6.08. The summed E-state index contributed by atoms with van der Waals surface area (Å²) in [5, 5.41) is 29.8. The number of hydrogen-bond donors (Lipinski definition) is 5. The van der Waals surface area contributed by atoms with Gasteiger partial charge in [0.2, 0.25) is 0 Å². The molecule has 0 unspecified atom stereocenters. The first-order chi connectivity index (χ1) is 25.8. The number of aryl methyl sites for hydroxylation is 1. The van der Waals surface area contributed by atoms with E-state index in [1.165, 1.54) is 6.07 Å². The highest BCUT2D eigenvalue weighted by atomic mass is 16.6. The summed E-state index contributed by atoms with van der Waals surface area (Å²) in [6.45, 7) is 4.20. The summed E-state index contributed by atoms with van der Waals surface area (Å²) in [6.07, 6.45) is 1.61. The normalized spacial score (nSPS) is 16.8. The smallest absolute Gasteiger partial charge is 0.411 e. The lowest BCUT2D eigenvalue weighted by Gasteiger charge is -2.33. The van der Waals surface area contributed by atoms with E-state index in [4.69, 9.17) is 9.47 Å². The molecule has 0 aliphatic carbocycles. The molecule has 4 aromatic carbocycles. The van der Waals surface area contributed by atoms with E-state index < -0.39 is 12.2 Å². The fourth-order valence-electron chi connectivity index (χ4n) is 7.29. The molecule has 1 fully saturated rings. The molecule has 0 aromatic heterocycles. The van der Waals surface area contributed by atoms with Gasteiger partial charge in [0.25, 0.3) is 11.8 Å². The van der Waals surface area contributed by atoms with Crippen LogP contribution in [0.15, 0.2) is 84.9 Å². The van der Waals surface area contributed by atoms with Crippen molar-refractivity contribution in [2.75, 3.05) is 56.5 Å². The van der Waals surface area contributed by atoms with Crippen LogP contribution in [0.5, 0.6) is 11.5 Å². The molecule has 0 spiro atoms. The summed E-state index contributed by atoms with van der Waals surface area (Å²) in [7, 11) is 0. The van der Waals surface area contributed by atoms with E-state index in [0.717, 1.165) is 73.1 Å². The number of amides is 3. The van der Waals surface area contributed by atoms with Crippen molar-refractivity contribution >= 4 is 29.3 Å². The minimum Gasteiger partial charge on any atom is -0.506 e. The molecule has 3 aliphatic heterocycles. The van der Waals surface area contributed by atoms with Gasteiger partial charge in [-0.3, -0.25) is 14.9 Å². The molecule has 0 saturated carbocycles. The van der Waals surface area contributed by atoms with Crippen molar-refractivity contribution < 1.29 is 34.1 Å². The number of carbonyl (C=O) groups is 3. The Morgan fingerprint density at radius 1 is 0.943 bits per heavy atom. The van der Waals surface area contributed by atoms with Gasteiger partial charge < -0.3 is 40.1 Å². The third-order valence-corrected chi connectivity index (χ3v) is 10.1. The van der Waals surface area contributed by atoms with Gasteiger partial charge >= 0.3 is 6.09 Å². The molecule has 3 heterocycles. The monoisotopic (exact) mass is 719 g/mol. The van der Waals surface area contributed by atoms with Gasteiger partial charge in [-0.25, -0.2) is 4.79 Å².